The van der Waals surface area contributed by atoms with Crippen LogP contribution in [0, 0.1) is 0 Å². The first kappa shape index (κ1) is 16.7. The van der Waals surface area contributed by atoms with E-state index in [1.807, 2.05) is 12.1 Å². The molecule has 1 amide bonds. The third-order valence-electron chi connectivity index (χ3n) is 3.43. The number of aromatic amines is 1. The van der Waals surface area contributed by atoms with Crippen molar-refractivity contribution in [2.75, 3.05) is 10.0 Å². The lowest BCUT2D eigenvalue weighted by atomic mass is 10.3. The van der Waals surface area contributed by atoms with E-state index in [1.165, 1.54) is 24.3 Å². The molecule has 3 N–H and O–H groups in total. The first-order valence-electron chi connectivity index (χ1n) is 7.40. The molecule has 0 saturated carbocycles. The first-order valence-corrected chi connectivity index (χ1v) is 8.88. The summed E-state index contributed by atoms with van der Waals surface area (Å²) in [5.74, 6) is -0.183. The molecule has 1 aromatic heterocycles. The maximum Gasteiger partial charge on any atom is 0.264 e. The first-order chi connectivity index (χ1) is 11.8. The molecule has 0 atom stereocenters. The zero-order chi connectivity index (χ0) is 18.0. The predicted octanol–water partition coefficient (Wildman–Crippen LogP) is 2.88. The number of carbonyl (C=O) groups excluding carboxylic acids is 1. The lowest BCUT2D eigenvalue weighted by Gasteiger charge is -2.08. The molecule has 0 unspecified atom stereocenters. The number of hydrogen-bond donors (Lipinski definition) is 3. The molecule has 0 aliphatic carbocycles. The van der Waals surface area contributed by atoms with Gasteiger partial charge in [0.15, 0.2) is 0 Å². The smallest absolute Gasteiger partial charge is 0.264 e. The molecule has 0 radical (unpaired) electrons. The Hall–Kier alpha value is -3.13. The fourth-order valence-corrected chi connectivity index (χ4v) is 3.11. The van der Waals surface area contributed by atoms with Crippen LogP contribution in [-0.2, 0) is 14.8 Å². The number of benzene rings is 2. The summed E-state index contributed by atoms with van der Waals surface area (Å²) in [6.07, 6.45) is 0. The number of aromatic nitrogens is 2. The molecule has 0 bridgehead atoms. The Bertz CT molecular complexity index is 1020. The number of hydrogen-bond acceptors (Lipinski definition) is 4. The van der Waals surface area contributed by atoms with Crippen LogP contribution in [0.1, 0.15) is 6.92 Å². The zero-order valence-corrected chi connectivity index (χ0v) is 14.2. The van der Waals surface area contributed by atoms with Crippen LogP contribution in [0.3, 0.4) is 0 Å². The molecule has 128 valence electrons. The van der Waals surface area contributed by atoms with E-state index in [1.54, 1.807) is 19.1 Å². The second-order valence-electron chi connectivity index (χ2n) is 5.47. The van der Waals surface area contributed by atoms with Gasteiger partial charge in [-0.25, -0.2) is 18.1 Å². The highest BCUT2D eigenvalue weighted by Crippen LogP contribution is 2.19. The molecule has 0 aliphatic heterocycles. The molecule has 8 heteroatoms. The standard InChI is InChI=1S/C17H16N4O3S/c1-11(2)16(22)18-12-7-9-13(10-8-12)25(23,24)21-17-19-14-5-3-4-6-15(14)20-17/h3-10H,1H2,2H3,(H,18,22)(H2,19,20,21). The molecule has 0 saturated heterocycles. The van der Waals surface area contributed by atoms with E-state index in [0.29, 0.717) is 16.8 Å². The number of carbonyl (C=O) groups is 1. The number of nitrogens with one attached hydrogen (secondary N) is 3. The van der Waals surface area contributed by atoms with Gasteiger partial charge < -0.3 is 10.3 Å². The number of sulfonamides is 1. The number of rotatable bonds is 5. The number of imidazole rings is 1. The van der Waals surface area contributed by atoms with Crippen LogP contribution in [0.2, 0.25) is 0 Å². The summed E-state index contributed by atoms with van der Waals surface area (Å²) < 4.78 is 27.3. The van der Waals surface area contributed by atoms with E-state index >= 15 is 0 Å². The Kier molecular flexibility index (Phi) is 4.28. The van der Waals surface area contributed by atoms with E-state index in [4.69, 9.17) is 0 Å². The van der Waals surface area contributed by atoms with Crippen molar-refractivity contribution in [1.82, 2.24) is 9.97 Å². The number of nitrogens with zero attached hydrogens (tertiary/aromatic N) is 1. The van der Waals surface area contributed by atoms with Gasteiger partial charge in [0.05, 0.1) is 15.9 Å². The second kappa shape index (κ2) is 6.40. The highest BCUT2D eigenvalue weighted by molar-refractivity contribution is 7.92. The summed E-state index contributed by atoms with van der Waals surface area (Å²) >= 11 is 0. The van der Waals surface area contributed by atoms with Crippen LogP contribution >= 0.6 is 0 Å². The van der Waals surface area contributed by atoms with Crippen LogP contribution in [0.15, 0.2) is 65.6 Å². The topological polar surface area (TPSA) is 104 Å². The molecule has 3 rings (SSSR count). The normalized spacial score (nSPS) is 11.2. The lowest BCUT2D eigenvalue weighted by molar-refractivity contribution is -0.112. The number of fused-ring (bicyclic) bond motifs is 1. The van der Waals surface area contributed by atoms with Crippen molar-refractivity contribution in [2.45, 2.75) is 11.8 Å². The largest absolute Gasteiger partial charge is 0.323 e. The van der Waals surface area contributed by atoms with Gasteiger partial charge in [-0.1, -0.05) is 18.7 Å². The van der Waals surface area contributed by atoms with Gasteiger partial charge in [0.2, 0.25) is 5.95 Å². The van der Waals surface area contributed by atoms with Crippen LogP contribution in [0.25, 0.3) is 11.0 Å². The molecule has 1 heterocycles. The number of amides is 1. The molecule has 0 fully saturated rings. The Morgan fingerprint density at radius 1 is 1.12 bits per heavy atom. The molecule has 2 aromatic carbocycles. The van der Waals surface area contributed by atoms with Gasteiger partial charge in [0.25, 0.3) is 15.9 Å². The third-order valence-corrected chi connectivity index (χ3v) is 4.79. The van der Waals surface area contributed by atoms with Gasteiger partial charge in [-0.3, -0.25) is 4.79 Å². The van der Waals surface area contributed by atoms with Crippen molar-refractivity contribution < 1.29 is 13.2 Å². The van der Waals surface area contributed by atoms with Gasteiger partial charge in [-0.15, -0.1) is 0 Å². The van der Waals surface area contributed by atoms with Crippen LogP contribution < -0.4 is 10.0 Å². The van der Waals surface area contributed by atoms with Crippen molar-refractivity contribution in [3.05, 3.63) is 60.7 Å². The number of para-hydroxylation sites is 2. The highest BCUT2D eigenvalue weighted by atomic mass is 32.2. The van der Waals surface area contributed by atoms with Gasteiger partial charge >= 0.3 is 0 Å². The summed E-state index contributed by atoms with van der Waals surface area (Å²) in [6.45, 7) is 5.13. The van der Waals surface area contributed by atoms with Crippen molar-refractivity contribution >= 4 is 38.6 Å². The maximum absolute atomic E-state index is 12.4. The van der Waals surface area contributed by atoms with Crippen LogP contribution in [0.5, 0.6) is 0 Å². The zero-order valence-electron chi connectivity index (χ0n) is 13.4. The fraction of sp³-hybridized carbons (Fsp3) is 0.0588. The average molecular weight is 356 g/mol. The van der Waals surface area contributed by atoms with Gasteiger partial charge in [0.1, 0.15) is 0 Å². The summed E-state index contributed by atoms with van der Waals surface area (Å²) in [7, 11) is -3.80. The minimum atomic E-state index is -3.80. The van der Waals surface area contributed by atoms with Crippen LogP contribution in [0.4, 0.5) is 11.6 Å². The maximum atomic E-state index is 12.4. The van der Waals surface area contributed by atoms with E-state index in [9.17, 15) is 13.2 Å². The van der Waals surface area contributed by atoms with Gasteiger partial charge in [0, 0.05) is 11.3 Å². The Morgan fingerprint density at radius 3 is 2.44 bits per heavy atom. The summed E-state index contributed by atoms with van der Waals surface area (Å²) in [6, 6.07) is 13.1. The van der Waals surface area contributed by atoms with Crippen molar-refractivity contribution in [2.24, 2.45) is 0 Å². The Labute approximate surface area is 144 Å². The Morgan fingerprint density at radius 2 is 1.80 bits per heavy atom. The molecule has 7 nitrogen and oxygen atoms in total. The minimum absolute atomic E-state index is 0.0567. The molecular formula is C17H16N4O3S. The van der Waals surface area contributed by atoms with Crippen molar-refractivity contribution in [1.29, 1.82) is 0 Å². The highest BCUT2D eigenvalue weighted by Gasteiger charge is 2.16. The molecule has 3 aromatic rings. The summed E-state index contributed by atoms with van der Waals surface area (Å²) in [4.78, 5) is 18.7. The van der Waals surface area contributed by atoms with E-state index < -0.39 is 10.0 Å². The molecular weight excluding hydrogens is 340 g/mol. The third kappa shape index (κ3) is 3.69. The lowest BCUT2D eigenvalue weighted by Crippen LogP contribution is -2.15. The van der Waals surface area contributed by atoms with E-state index in [-0.39, 0.29) is 16.8 Å². The molecule has 0 spiro atoms. The quantitative estimate of drug-likeness (QED) is 0.611. The SMILES string of the molecule is C=C(C)C(=O)Nc1ccc(S(=O)(=O)Nc2nc3ccccc3[nH]2)cc1. The molecule has 0 aliphatic rings. The fourth-order valence-electron chi connectivity index (χ4n) is 2.14. The predicted molar refractivity (Wildman–Crippen MR) is 96.8 cm³/mol. The van der Waals surface area contributed by atoms with E-state index in [2.05, 4.69) is 26.6 Å². The Balaban J connectivity index is 1.79. The van der Waals surface area contributed by atoms with Gasteiger partial charge in [-0.2, -0.15) is 0 Å². The summed E-state index contributed by atoms with van der Waals surface area (Å²) in [5.41, 5.74) is 2.25. The summed E-state index contributed by atoms with van der Waals surface area (Å²) in [5, 5.41) is 2.62. The number of H-pyrrole nitrogens is 1. The van der Waals surface area contributed by atoms with Crippen molar-refractivity contribution in [3.8, 4) is 0 Å². The van der Waals surface area contributed by atoms with E-state index in [0.717, 1.165) is 5.52 Å². The van der Waals surface area contributed by atoms with Crippen LogP contribution in [-0.4, -0.2) is 24.3 Å². The minimum Gasteiger partial charge on any atom is -0.323 e. The number of anilines is 2. The average Bonchev–Trinajstić information content (AvgIpc) is 2.96. The second-order valence-corrected chi connectivity index (χ2v) is 7.15. The molecule has 25 heavy (non-hydrogen) atoms. The monoisotopic (exact) mass is 356 g/mol. The van der Waals surface area contributed by atoms with Gasteiger partial charge in [-0.05, 0) is 43.3 Å². The van der Waals surface area contributed by atoms with Crippen molar-refractivity contribution in [3.63, 3.8) is 0 Å².